The highest BCUT2D eigenvalue weighted by molar-refractivity contribution is 6.30. The Morgan fingerprint density at radius 3 is 3.00 bits per heavy atom. The van der Waals surface area contributed by atoms with Gasteiger partial charge in [-0.15, -0.1) is 0 Å². The Labute approximate surface area is 103 Å². The minimum Gasteiger partial charge on any atom is -0.349 e. The first-order chi connectivity index (χ1) is 8.13. The van der Waals surface area contributed by atoms with Crippen LogP contribution in [-0.2, 0) is 24.9 Å². The molecule has 2 aromatic heterocycles. The molecule has 90 valence electrons. The number of nitrogens with zero attached hydrogens (tertiary/aromatic N) is 4. The third-order valence-corrected chi connectivity index (χ3v) is 2.34. The van der Waals surface area contributed by atoms with E-state index >= 15 is 0 Å². The van der Waals surface area contributed by atoms with Crippen molar-refractivity contribution in [3.63, 3.8) is 0 Å². The van der Waals surface area contributed by atoms with E-state index in [2.05, 4.69) is 15.5 Å². The van der Waals surface area contributed by atoms with E-state index in [0.29, 0.717) is 11.6 Å². The van der Waals surface area contributed by atoms with Gasteiger partial charge in [0.1, 0.15) is 6.54 Å². The van der Waals surface area contributed by atoms with Crippen LogP contribution in [0.4, 0.5) is 0 Å². The van der Waals surface area contributed by atoms with E-state index in [1.165, 1.54) is 10.9 Å². The molecule has 7 heteroatoms. The van der Waals surface area contributed by atoms with E-state index in [4.69, 9.17) is 11.6 Å². The van der Waals surface area contributed by atoms with Gasteiger partial charge in [-0.1, -0.05) is 11.6 Å². The van der Waals surface area contributed by atoms with Gasteiger partial charge in [0.15, 0.2) is 0 Å². The quantitative estimate of drug-likeness (QED) is 0.867. The first-order valence-electron chi connectivity index (χ1n) is 5.06. The number of amides is 1. The minimum absolute atomic E-state index is 0.129. The van der Waals surface area contributed by atoms with Crippen LogP contribution in [0.3, 0.4) is 0 Å². The molecule has 1 amide bonds. The zero-order chi connectivity index (χ0) is 12.3. The lowest BCUT2D eigenvalue weighted by atomic mass is 10.4. The molecule has 0 bridgehead atoms. The van der Waals surface area contributed by atoms with E-state index in [-0.39, 0.29) is 12.5 Å². The van der Waals surface area contributed by atoms with Crippen molar-refractivity contribution in [2.45, 2.75) is 13.1 Å². The van der Waals surface area contributed by atoms with E-state index in [1.54, 1.807) is 10.9 Å². The van der Waals surface area contributed by atoms with Crippen LogP contribution in [0, 0.1) is 0 Å². The van der Waals surface area contributed by atoms with Crippen molar-refractivity contribution < 1.29 is 4.79 Å². The van der Waals surface area contributed by atoms with Gasteiger partial charge in [0.2, 0.25) is 5.91 Å². The average Bonchev–Trinajstić information content (AvgIpc) is 2.85. The van der Waals surface area contributed by atoms with Crippen LogP contribution < -0.4 is 5.32 Å². The van der Waals surface area contributed by atoms with Gasteiger partial charge in [-0.2, -0.15) is 10.2 Å². The molecular weight excluding hydrogens is 242 g/mol. The van der Waals surface area contributed by atoms with Gasteiger partial charge in [0.25, 0.3) is 0 Å². The molecule has 0 spiro atoms. The Bertz CT molecular complexity index is 518. The van der Waals surface area contributed by atoms with Crippen LogP contribution in [0.15, 0.2) is 24.7 Å². The Morgan fingerprint density at radius 2 is 2.41 bits per heavy atom. The normalized spacial score (nSPS) is 10.5. The van der Waals surface area contributed by atoms with E-state index < -0.39 is 0 Å². The zero-order valence-electron chi connectivity index (χ0n) is 9.30. The van der Waals surface area contributed by atoms with E-state index in [9.17, 15) is 4.79 Å². The third-order valence-electron chi connectivity index (χ3n) is 2.14. The SMILES string of the molecule is Cn1ccc(CNC(=O)Cn2cc(Cl)cn2)n1. The monoisotopic (exact) mass is 253 g/mol. The number of aryl methyl sites for hydroxylation is 1. The van der Waals surface area contributed by atoms with E-state index in [0.717, 1.165) is 5.69 Å². The Morgan fingerprint density at radius 1 is 1.59 bits per heavy atom. The highest BCUT2D eigenvalue weighted by Crippen LogP contribution is 2.04. The second kappa shape index (κ2) is 5.01. The summed E-state index contributed by atoms with van der Waals surface area (Å²) in [7, 11) is 1.83. The lowest BCUT2D eigenvalue weighted by molar-refractivity contribution is -0.122. The lowest BCUT2D eigenvalue weighted by Gasteiger charge is -2.03. The first kappa shape index (κ1) is 11.7. The van der Waals surface area contributed by atoms with Crippen LogP contribution in [-0.4, -0.2) is 25.5 Å². The molecule has 6 nitrogen and oxygen atoms in total. The largest absolute Gasteiger partial charge is 0.349 e. The smallest absolute Gasteiger partial charge is 0.242 e. The van der Waals surface area contributed by atoms with Crippen molar-refractivity contribution in [3.8, 4) is 0 Å². The maximum Gasteiger partial charge on any atom is 0.242 e. The Hall–Kier alpha value is -1.82. The fourth-order valence-corrected chi connectivity index (χ4v) is 1.53. The maximum atomic E-state index is 11.6. The number of hydrogen-bond donors (Lipinski definition) is 1. The summed E-state index contributed by atoms with van der Waals surface area (Å²) in [4.78, 5) is 11.6. The summed E-state index contributed by atoms with van der Waals surface area (Å²) in [6, 6.07) is 1.85. The first-order valence-corrected chi connectivity index (χ1v) is 5.44. The molecule has 1 N–H and O–H groups in total. The molecule has 0 radical (unpaired) electrons. The zero-order valence-corrected chi connectivity index (χ0v) is 10.1. The van der Waals surface area contributed by atoms with Gasteiger partial charge in [-0.25, -0.2) is 0 Å². The van der Waals surface area contributed by atoms with Crippen LogP contribution >= 0.6 is 11.6 Å². The fourth-order valence-electron chi connectivity index (χ4n) is 1.37. The van der Waals surface area contributed by atoms with Crippen molar-refractivity contribution in [2.24, 2.45) is 7.05 Å². The molecule has 0 saturated carbocycles. The van der Waals surface area contributed by atoms with Gasteiger partial charge in [0, 0.05) is 19.4 Å². The van der Waals surface area contributed by atoms with Gasteiger partial charge in [-0.3, -0.25) is 14.2 Å². The van der Waals surface area contributed by atoms with Crippen LogP contribution in [0.5, 0.6) is 0 Å². The minimum atomic E-state index is -0.129. The van der Waals surface area contributed by atoms with E-state index in [1.807, 2.05) is 19.3 Å². The van der Waals surface area contributed by atoms with Crippen LogP contribution in [0.1, 0.15) is 5.69 Å². The molecule has 0 aromatic carbocycles. The predicted molar refractivity (Wildman–Crippen MR) is 62.3 cm³/mol. The molecule has 0 aliphatic heterocycles. The summed E-state index contributed by atoms with van der Waals surface area (Å²) in [6.45, 7) is 0.564. The molecular formula is C10H12ClN5O. The second-order valence-electron chi connectivity index (χ2n) is 3.61. The Kier molecular flexibility index (Phi) is 3.43. The predicted octanol–water partition coefficient (Wildman–Crippen LogP) is 0.586. The van der Waals surface area contributed by atoms with Crippen LogP contribution in [0.25, 0.3) is 0 Å². The number of rotatable bonds is 4. The maximum absolute atomic E-state index is 11.6. The number of hydrogen-bond acceptors (Lipinski definition) is 3. The summed E-state index contributed by atoms with van der Waals surface area (Å²) in [5.74, 6) is -0.129. The molecule has 17 heavy (non-hydrogen) atoms. The second-order valence-corrected chi connectivity index (χ2v) is 4.05. The summed E-state index contributed by atoms with van der Waals surface area (Å²) in [5, 5.41) is 11.3. The molecule has 2 aromatic rings. The fraction of sp³-hybridized carbons (Fsp3) is 0.300. The number of nitrogens with one attached hydrogen (secondary N) is 1. The number of aromatic nitrogens is 4. The molecule has 0 aliphatic rings. The summed E-state index contributed by atoms with van der Waals surface area (Å²) < 4.78 is 3.17. The van der Waals surface area contributed by atoms with Crippen molar-refractivity contribution >= 4 is 17.5 Å². The van der Waals surface area contributed by atoms with Crippen molar-refractivity contribution in [3.05, 3.63) is 35.4 Å². The number of halogens is 1. The van der Waals surface area contributed by atoms with Crippen molar-refractivity contribution in [2.75, 3.05) is 0 Å². The average molecular weight is 254 g/mol. The number of carbonyl (C=O) groups is 1. The summed E-state index contributed by atoms with van der Waals surface area (Å²) in [6.07, 6.45) is 4.92. The standard InChI is InChI=1S/C10H12ClN5O/c1-15-3-2-9(14-15)5-12-10(17)7-16-6-8(11)4-13-16/h2-4,6H,5,7H2,1H3,(H,12,17). The highest BCUT2D eigenvalue weighted by atomic mass is 35.5. The van der Waals surface area contributed by atoms with Gasteiger partial charge in [0.05, 0.1) is 23.5 Å². The summed E-state index contributed by atoms with van der Waals surface area (Å²) in [5.41, 5.74) is 0.819. The third kappa shape index (κ3) is 3.32. The highest BCUT2D eigenvalue weighted by Gasteiger charge is 2.05. The molecule has 0 unspecified atom stereocenters. The molecule has 0 saturated heterocycles. The Balaban J connectivity index is 1.82. The van der Waals surface area contributed by atoms with Crippen molar-refractivity contribution in [1.29, 1.82) is 0 Å². The van der Waals surface area contributed by atoms with Gasteiger partial charge in [-0.05, 0) is 6.07 Å². The molecule has 0 fully saturated rings. The topological polar surface area (TPSA) is 64.7 Å². The van der Waals surface area contributed by atoms with Crippen LogP contribution in [0.2, 0.25) is 5.02 Å². The molecule has 0 atom stereocenters. The molecule has 0 aliphatic carbocycles. The lowest BCUT2D eigenvalue weighted by Crippen LogP contribution is -2.27. The van der Waals surface area contributed by atoms with Gasteiger partial charge < -0.3 is 5.32 Å². The number of carbonyl (C=O) groups excluding carboxylic acids is 1. The van der Waals surface area contributed by atoms with Crippen molar-refractivity contribution in [1.82, 2.24) is 24.9 Å². The molecule has 2 rings (SSSR count). The molecule has 2 heterocycles. The summed E-state index contributed by atoms with van der Waals surface area (Å²) >= 11 is 5.69. The van der Waals surface area contributed by atoms with Gasteiger partial charge >= 0.3 is 0 Å².